The molecule has 0 aliphatic rings. The Morgan fingerprint density at radius 3 is 1.36 bits per heavy atom. The van der Waals surface area contributed by atoms with Crippen molar-refractivity contribution >= 4 is 0 Å². The maximum Gasteiger partial charge on any atom is -0.0276 e. The van der Waals surface area contributed by atoms with Gasteiger partial charge in [0, 0.05) is 0 Å². The first-order valence-corrected chi connectivity index (χ1v) is 8.34. The van der Waals surface area contributed by atoms with Gasteiger partial charge in [0.05, 0.1) is 0 Å². The van der Waals surface area contributed by atoms with E-state index in [4.69, 9.17) is 0 Å². The standard InChI is InChI=1S/C22H26/c1(3-5-9-15-21-17-11-7-12-18-21)2-4-6-10-16-22-19-13-8-14-20-22/h1-4,7-8,11-14,17-20H,5-6,9-10,15-16H2/b3-1+,4-2+. The van der Waals surface area contributed by atoms with Gasteiger partial charge in [0.1, 0.15) is 0 Å². The van der Waals surface area contributed by atoms with Gasteiger partial charge in [-0.25, -0.2) is 0 Å². The van der Waals surface area contributed by atoms with E-state index in [1.165, 1.54) is 36.8 Å². The minimum atomic E-state index is 1.16. The van der Waals surface area contributed by atoms with Crippen LogP contribution in [-0.2, 0) is 12.8 Å². The highest BCUT2D eigenvalue weighted by Crippen LogP contribution is 2.06. The summed E-state index contributed by atoms with van der Waals surface area (Å²) in [5.41, 5.74) is 2.87. The molecule has 0 amide bonds. The topological polar surface area (TPSA) is 0 Å². The molecular formula is C22H26. The predicted octanol–water partition coefficient (Wildman–Crippen LogP) is 6.14. The molecule has 0 N–H and O–H groups in total. The number of allylic oxidation sites excluding steroid dienone is 4. The second kappa shape index (κ2) is 10.6. The smallest absolute Gasteiger partial charge is 0.0276 e. The molecule has 0 radical (unpaired) electrons. The van der Waals surface area contributed by atoms with Gasteiger partial charge in [0.15, 0.2) is 0 Å². The van der Waals surface area contributed by atoms with Crippen molar-refractivity contribution < 1.29 is 0 Å². The molecule has 22 heavy (non-hydrogen) atoms. The molecule has 0 aliphatic heterocycles. The summed E-state index contributed by atoms with van der Waals surface area (Å²) in [4.78, 5) is 0. The zero-order chi connectivity index (χ0) is 15.3. The van der Waals surface area contributed by atoms with Gasteiger partial charge < -0.3 is 0 Å². The number of unbranched alkanes of at least 4 members (excludes halogenated alkanes) is 2. The fraction of sp³-hybridized carbons (Fsp3) is 0.273. The summed E-state index contributed by atoms with van der Waals surface area (Å²) in [5.74, 6) is 0. The second-order valence-corrected chi connectivity index (χ2v) is 5.61. The van der Waals surface area contributed by atoms with E-state index in [-0.39, 0.29) is 0 Å². The van der Waals surface area contributed by atoms with Crippen molar-refractivity contribution in [2.24, 2.45) is 0 Å². The first kappa shape index (κ1) is 16.3. The fourth-order valence-electron chi connectivity index (χ4n) is 2.49. The van der Waals surface area contributed by atoms with Gasteiger partial charge in [-0.3, -0.25) is 0 Å². The van der Waals surface area contributed by atoms with Crippen LogP contribution in [0.5, 0.6) is 0 Å². The molecule has 0 fully saturated rings. The Morgan fingerprint density at radius 1 is 0.545 bits per heavy atom. The zero-order valence-electron chi connectivity index (χ0n) is 13.3. The summed E-state index contributed by atoms with van der Waals surface area (Å²) in [6.45, 7) is 0. The molecule has 0 saturated carbocycles. The zero-order valence-corrected chi connectivity index (χ0v) is 13.3. The first-order valence-electron chi connectivity index (χ1n) is 8.34. The summed E-state index contributed by atoms with van der Waals surface area (Å²) in [6.07, 6.45) is 16.0. The quantitative estimate of drug-likeness (QED) is 0.384. The van der Waals surface area contributed by atoms with Gasteiger partial charge in [-0.15, -0.1) is 0 Å². The van der Waals surface area contributed by atoms with Crippen molar-refractivity contribution in [1.29, 1.82) is 0 Å². The summed E-state index contributed by atoms with van der Waals surface area (Å²) >= 11 is 0. The average molecular weight is 290 g/mol. The van der Waals surface area contributed by atoms with E-state index in [0.717, 1.165) is 12.8 Å². The lowest BCUT2D eigenvalue weighted by molar-refractivity contribution is 0.840. The first-order chi connectivity index (χ1) is 10.9. The third-order valence-corrected chi connectivity index (χ3v) is 3.74. The SMILES string of the molecule is C(/C=C/CCCc1ccccc1)=C\CCCc1ccccc1. The fourth-order valence-corrected chi connectivity index (χ4v) is 2.49. The largest absolute Gasteiger partial charge is 0.0845 e. The van der Waals surface area contributed by atoms with E-state index in [0.29, 0.717) is 0 Å². The van der Waals surface area contributed by atoms with Crippen LogP contribution >= 0.6 is 0 Å². The molecule has 0 spiro atoms. The lowest BCUT2D eigenvalue weighted by atomic mass is 10.1. The highest BCUT2D eigenvalue weighted by atomic mass is 14.0. The molecular weight excluding hydrogens is 264 g/mol. The lowest BCUT2D eigenvalue weighted by Crippen LogP contribution is -1.83. The minimum Gasteiger partial charge on any atom is -0.0845 e. The Labute approximate surface area is 135 Å². The van der Waals surface area contributed by atoms with Crippen LogP contribution in [-0.4, -0.2) is 0 Å². The van der Waals surface area contributed by atoms with Gasteiger partial charge in [-0.05, 0) is 49.7 Å². The van der Waals surface area contributed by atoms with Crippen molar-refractivity contribution in [2.45, 2.75) is 38.5 Å². The normalized spacial score (nSPS) is 11.5. The average Bonchev–Trinajstić information content (AvgIpc) is 2.58. The molecule has 2 aromatic carbocycles. The third kappa shape index (κ3) is 7.08. The monoisotopic (exact) mass is 290 g/mol. The van der Waals surface area contributed by atoms with Crippen LogP contribution in [0, 0.1) is 0 Å². The van der Waals surface area contributed by atoms with Crippen LogP contribution in [0.3, 0.4) is 0 Å². The van der Waals surface area contributed by atoms with Crippen molar-refractivity contribution in [3.05, 3.63) is 96.1 Å². The van der Waals surface area contributed by atoms with Crippen molar-refractivity contribution in [3.63, 3.8) is 0 Å². The molecule has 114 valence electrons. The lowest BCUT2D eigenvalue weighted by Gasteiger charge is -1.98. The molecule has 0 nitrogen and oxygen atoms in total. The van der Waals surface area contributed by atoms with E-state index in [9.17, 15) is 0 Å². The Bertz CT molecular complexity index is 496. The second-order valence-electron chi connectivity index (χ2n) is 5.61. The summed E-state index contributed by atoms with van der Waals surface area (Å²) < 4.78 is 0. The number of hydrogen-bond donors (Lipinski definition) is 0. The number of rotatable bonds is 9. The Morgan fingerprint density at radius 2 is 0.955 bits per heavy atom. The molecule has 0 bridgehead atoms. The highest BCUT2D eigenvalue weighted by molar-refractivity contribution is 5.15. The van der Waals surface area contributed by atoms with Crippen LogP contribution in [0.1, 0.15) is 36.8 Å². The molecule has 2 rings (SSSR count). The van der Waals surface area contributed by atoms with Gasteiger partial charge >= 0.3 is 0 Å². The molecule has 0 aliphatic carbocycles. The van der Waals surface area contributed by atoms with Crippen LogP contribution < -0.4 is 0 Å². The molecule has 0 heteroatoms. The van der Waals surface area contributed by atoms with Crippen molar-refractivity contribution in [3.8, 4) is 0 Å². The molecule has 2 aromatic rings. The van der Waals surface area contributed by atoms with E-state index in [1.807, 2.05) is 0 Å². The van der Waals surface area contributed by atoms with Crippen LogP contribution in [0.15, 0.2) is 85.0 Å². The van der Waals surface area contributed by atoms with Gasteiger partial charge in [-0.2, -0.15) is 0 Å². The van der Waals surface area contributed by atoms with Crippen LogP contribution in [0.25, 0.3) is 0 Å². The van der Waals surface area contributed by atoms with Crippen molar-refractivity contribution in [1.82, 2.24) is 0 Å². The van der Waals surface area contributed by atoms with Gasteiger partial charge in [-0.1, -0.05) is 85.0 Å². The number of benzene rings is 2. The van der Waals surface area contributed by atoms with Crippen LogP contribution in [0.4, 0.5) is 0 Å². The highest BCUT2D eigenvalue weighted by Gasteiger charge is 1.90. The van der Waals surface area contributed by atoms with E-state index < -0.39 is 0 Å². The molecule has 0 heterocycles. The third-order valence-electron chi connectivity index (χ3n) is 3.74. The molecule has 0 atom stereocenters. The Kier molecular flexibility index (Phi) is 7.86. The minimum absolute atomic E-state index is 1.16. The molecule has 0 aromatic heterocycles. The maximum atomic E-state index is 2.27. The summed E-state index contributed by atoms with van der Waals surface area (Å²) in [7, 11) is 0. The molecule has 0 saturated heterocycles. The Hall–Kier alpha value is -2.08. The van der Waals surface area contributed by atoms with E-state index in [1.54, 1.807) is 0 Å². The van der Waals surface area contributed by atoms with Crippen molar-refractivity contribution in [2.75, 3.05) is 0 Å². The van der Waals surface area contributed by atoms with Gasteiger partial charge in [0.25, 0.3) is 0 Å². The van der Waals surface area contributed by atoms with Gasteiger partial charge in [0.2, 0.25) is 0 Å². The summed E-state index contributed by atoms with van der Waals surface area (Å²) in [6, 6.07) is 21.4. The number of hydrogen-bond acceptors (Lipinski definition) is 0. The maximum absolute atomic E-state index is 2.27. The van der Waals surface area contributed by atoms with Crippen LogP contribution in [0.2, 0.25) is 0 Å². The summed E-state index contributed by atoms with van der Waals surface area (Å²) in [5, 5.41) is 0. The Balaban J connectivity index is 1.50. The van der Waals surface area contributed by atoms with E-state index >= 15 is 0 Å². The molecule has 0 unspecified atom stereocenters. The predicted molar refractivity (Wildman–Crippen MR) is 97.0 cm³/mol. The number of aryl methyl sites for hydroxylation is 2. The van der Waals surface area contributed by atoms with E-state index in [2.05, 4.69) is 85.0 Å².